The van der Waals surface area contributed by atoms with Gasteiger partial charge in [-0.1, -0.05) is 6.07 Å². The van der Waals surface area contributed by atoms with Crippen LogP contribution in [0.5, 0.6) is 0 Å². The number of hydrogen-bond donors (Lipinski definition) is 0. The van der Waals surface area contributed by atoms with E-state index in [1.165, 1.54) is 11.1 Å². The molecule has 0 fully saturated rings. The summed E-state index contributed by atoms with van der Waals surface area (Å²) in [5.41, 5.74) is 3.51. The van der Waals surface area contributed by atoms with Crippen molar-refractivity contribution in [2.75, 3.05) is 6.54 Å². The summed E-state index contributed by atoms with van der Waals surface area (Å²) in [6.07, 6.45) is 1.11. The Kier molecular flexibility index (Phi) is 2.75. The quantitative estimate of drug-likeness (QED) is 0.695. The zero-order valence-corrected chi connectivity index (χ0v) is 9.33. The fourth-order valence-corrected chi connectivity index (χ4v) is 2.09. The molecule has 0 radical (unpaired) electrons. The van der Waals surface area contributed by atoms with Crippen LogP contribution in [0.3, 0.4) is 0 Å². The number of nitriles is 1. The summed E-state index contributed by atoms with van der Waals surface area (Å²) in [5, 5.41) is 8.85. The molecule has 0 spiro atoms. The van der Waals surface area contributed by atoms with Gasteiger partial charge in [0.1, 0.15) is 0 Å². The van der Waals surface area contributed by atoms with Gasteiger partial charge in [0.2, 0.25) is 0 Å². The number of benzene rings is 1. The van der Waals surface area contributed by atoms with Gasteiger partial charge in [0.25, 0.3) is 0 Å². The lowest BCUT2D eigenvalue weighted by Gasteiger charge is -2.31. The van der Waals surface area contributed by atoms with E-state index in [4.69, 9.17) is 5.26 Å². The summed E-state index contributed by atoms with van der Waals surface area (Å²) in [7, 11) is 0. The average Bonchev–Trinajstić information content (AvgIpc) is 2.27. The van der Waals surface area contributed by atoms with Crippen molar-refractivity contribution in [3.8, 4) is 6.07 Å². The summed E-state index contributed by atoms with van der Waals surface area (Å²) in [5.74, 6) is 0. The molecule has 1 aromatic rings. The molecule has 0 N–H and O–H groups in total. The Morgan fingerprint density at radius 3 is 2.80 bits per heavy atom. The minimum absolute atomic E-state index is 0.587. The third-order valence-electron chi connectivity index (χ3n) is 3.11. The summed E-state index contributed by atoms with van der Waals surface area (Å²) in [4.78, 5) is 2.45. The van der Waals surface area contributed by atoms with Crippen molar-refractivity contribution in [1.82, 2.24) is 4.90 Å². The summed E-state index contributed by atoms with van der Waals surface area (Å²) in [6, 6.07) is 8.84. The van der Waals surface area contributed by atoms with Crippen molar-refractivity contribution < 1.29 is 0 Å². The smallest absolute Gasteiger partial charge is 0.0991 e. The van der Waals surface area contributed by atoms with E-state index in [1.54, 1.807) is 0 Å². The first-order chi connectivity index (χ1) is 7.20. The average molecular weight is 200 g/mol. The molecule has 1 aromatic carbocycles. The van der Waals surface area contributed by atoms with Crippen molar-refractivity contribution >= 4 is 0 Å². The molecular weight excluding hydrogens is 184 g/mol. The van der Waals surface area contributed by atoms with Gasteiger partial charge >= 0.3 is 0 Å². The molecular formula is C13H16N2. The molecule has 2 nitrogen and oxygen atoms in total. The zero-order valence-electron chi connectivity index (χ0n) is 9.33. The van der Waals surface area contributed by atoms with Crippen LogP contribution in [0.1, 0.15) is 30.5 Å². The van der Waals surface area contributed by atoms with E-state index in [1.807, 2.05) is 12.1 Å². The maximum Gasteiger partial charge on any atom is 0.0991 e. The van der Waals surface area contributed by atoms with Crippen LogP contribution in [0.2, 0.25) is 0 Å². The molecule has 0 aliphatic carbocycles. The second kappa shape index (κ2) is 4.04. The minimum Gasteiger partial charge on any atom is -0.296 e. The number of fused-ring (bicyclic) bond motifs is 1. The van der Waals surface area contributed by atoms with Gasteiger partial charge in [-0.2, -0.15) is 5.26 Å². The highest BCUT2D eigenvalue weighted by molar-refractivity contribution is 5.39. The minimum atomic E-state index is 0.587. The lowest BCUT2D eigenvalue weighted by atomic mass is 9.97. The van der Waals surface area contributed by atoms with Gasteiger partial charge in [0, 0.05) is 19.1 Å². The molecule has 2 rings (SSSR count). The maximum atomic E-state index is 8.85. The maximum absolute atomic E-state index is 8.85. The van der Waals surface area contributed by atoms with Crippen LogP contribution in [0, 0.1) is 11.3 Å². The highest BCUT2D eigenvalue weighted by Gasteiger charge is 2.18. The summed E-state index contributed by atoms with van der Waals surface area (Å²) >= 11 is 0. The first-order valence-electron chi connectivity index (χ1n) is 5.46. The lowest BCUT2D eigenvalue weighted by molar-refractivity contribution is 0.203. The Bertz CT molecular complexity index is 401. The Morgan fingerprint density at radius 1 is 1.33 bits per heavy atom. The molecule has 0 aromatic heterocycles. The second-order valence-corrected chi connectivity index (χ2v) is 4.41. The number of nitrogens with zero attached hydrogens (tertiary/aromatic N) is 2. The summed E-state index contributed by atoms with van der Waals surface area (Å²) in [6.45, 7) is 6.57. The van der Waals surface area contributed by atoms with Gasteiger partial charge in [0.05, 0.1) is 11.6 Å². The van der Waals surface area contributed by atoms with Crippen LogP contribution in [-0.2, 0) is 13.0 Å². The molecule has 0 saturated carbocycles. The Morgan fingerprint density at radius 2 is 2.13 bits per heavy atom. The molecule has 1 aliphatic heterocycles. The van der Waals surface area contributed by atoms with Crippen LogP contribution >= 0.6 is 0 Å². The first-order valence-corrected chi connectivity index (χ1v) is 5.46. The normalized spacial score (nSPS) is 16.1. The Labute approximate surface area is 91.1 Å². The second-order valence-electron chi connectivity index (χ2n) is 4.41. The Hall–Kier alpha value is -1.33. The van der Waals surface area contributed by atoms with Crippen molar-refractivity contribution in [3.05, 3.63) is 34.9 Å². The molecule has 0 amide bonds. The number of rotatable bonds is 1. The Balaban J connectivity index is 2.28. The van der Waals surface area contributed by atoms with Crippen molar-refractivity contribution in [3.63, 3.8) is 0 Å². The fourth-order valence-electron chi connectivity index (χ4n) is 2.09. The zero-order chi connectivity index (χ0) is 10.8. The fraction of sp³-hybridized carbons (Fsp3) is 0.462. The van der Waals surface area contributed by atoms with E-state index < -0.39 is 0 Å². The van der Waals surface area contributed by atoms with Crippen LogP contribution in [-0.4, -0.2) is 17.5 Å². The van der Waals surface area contributed by atoms with Crippen LogP contribution < -0.4 is 0 Å². The van der Waals surface area contributed by atoms with Gasteiger partial charge in [-0.15, -0.1) is 0 Å². The highest BCUT2D eigenvalue weighted by atomic mass is 15.1. The van der Waals surface area contributed by atoms with Gasteiger partial charge in [-0.3, -0.25) is 4.90 Å². The monoisotopic (exact) mass is 200 g/mol. The molecule has 78 valence electrons. The molecule has 2 heteroatoms. The third-order valence-corrected chi connectivity index (χ3v) is 3.11. The molecule has 1 aliphatic rings. The van der Waals surface area contributed by atoms with E-state index >= 15 is 0 Å². The van der Waals surface area contributed by atoms with Crippen LogP contribution in [0.4, 0.5) is 0 Å². The molecule has 0 saturated heterocycles. The van der Waals surface area contributed by atoms with Gasteiger partial charge in [0.15, 0.2) is 0 Å². The molecule has 0 atom stereocenters. The lowest BCUT2D eigenvalue weighted by Crippen LogP contribution is -2.35. The highest BCUT2D eigenvalue weighted by Crippen LogP contribution is 2.21. The number of hydrogen-bond acceptors (Lipinski definition) is 2. The van der Waals surface area contributed by atoms with Crippen LogP contribution in [0.25, 0.3) is 0 Å². The van der Waals surface area contributed by atoms with Gasteiger partial charge < -0.3 is 0 Å². The summed E-state index contributed by atoms with van der Waals surface area (Å²) < 4.78 is 0. The van der Waals surface area contributed by atoms with Crippen molar-refractivity contribution in [2.45, 2.75) is 32.9 Å². The largest absolute Gasteiger partial charge is 0.296 e. The SMILES string of the molecule is CC(C)N1CCc2ccc(C#N)cc2C1. The van der Waals surface area contributed by atoms with E-state index in [0.717, 1.165) is 25.1 Å². The molecule has 15 heavy (non-hydrogen) atoms. The predicted molar refractivity (Wildman–Crippen MR) is 60.4 cm³/mol. The van der Waals surface area contributed by atoms with E-state index in [9.17, 15) is 0 Å². The van der Waals surface area contributed by atoms with E-state index in [0.29, 0.717) is 6.04 Å². The van der Waals surface area contributed by atoms with Gasteiger partial charge in [-0.05, 0) is 43.5 Å². The molecule has 0 unspecified atom stereocenters. The molecule has 0 bridgehead atoms. The van der Waals surface area contributed by atoms with Crippen molar-refractivity contribution in [1.29, 1.82) is 5.26 Å². The molecule has 1 heterocycles. The van der Waals surface area contributed by atoms with E-state index in [-0.39, 0.29) is 0 Å². The predicted octanol–water partition coefficient (Wildman–Crippen LogP) is 2.32. The standard InChI is InChI=1S/C13H16N2/c1-10(2)15-6-5-12-4-3-11(8-14)7-13(12)9-15/h3-4,7,10H,5-6,9H2,1-2H3. The van der Waals surface area contributed by atoms with Gasteiger partial charge in [-0.25, -0.2) is 0 Å². The first kappa shape index (κ1) is 10.2. The third kappa shape index (κ3) is 2.03. The van der Waals surface area contributed by atoms with E-state index in [2.05, 4.69) is 30.9 Å². The van der Waals surface area contributed by atoms with Crippen LogP contribution in [0.15, 0.2) is 18.2 Å². The topological polar surface area (TPSA) is 27.0 Å². The van der Waals surface area contributed by atoms with Crippen molar-refractivity contribution in [2.24, 2.45) is 0 Å².